The standard InChI is InChI=1S/C17H19N3O2/c1-12(16-9-4-5-10-18-16)20(3)17(22)19-15-8-6-7-14(11-15)13(2)21/h4-12H,1-3H3,(H,19,22). The number of aromatic nitrogens is 1. The quantitative estimate of drug-likeness (QED) is 0.878. The highest BCUT2D eigenvalue weighted by atomic mass is 16.2. The molecule has 0 spiro atoms. The average molecular weight is 297 g/mol. The van der Waals surface area contributed by atoms with Crippen molar-refractivity contribution < 1.29 is 9.59 Å². The van der Waals surface area contributed by atoms with Gasteiger partial charge in [0.05, 0.1) is 11.7 Å². The first-order chi connectivity index (χ1) is 10.5. The molecule has 0 bridgehead atoms. The maximum Gasteiger partial charge on any atom is 0.322 e. The van der Waals surface area contributed by atoms with Crippen LogP contribution in [-0.4, -0.2) is 28.7 Å². The van der Waals surface area contributed by atoms with Crippen LogP contribution in [0.4, 0.5) is 10.5 Å². The molecule has 1 atom stereocenters. The van der Waals surface area contributed by atoms with Crippen LogP contribution >= 0.6 is 0 Å². The average Bonchev–Trinajstić information content (AvgIpc) is 2.54. The fourth-order valence-corrected chi connectivity index (χ4v) is 2.02. The predicted octanol–water partition coefficient (Wildman–Crippen LogP) is 3.51. The Labute approximate surface area is 130 Å². The molecule has 1 unspecified atom stereocenters. The van der Waals surface area contributed by atoms with Crippen LogP contribution < -0.4 is 5.32 Å². The molecule has 1 aromatic carbocycles. The number of ketones is 1. The molecule has 2 rings (SSSR count). The zero-order valence-electron chi connectivity index (χ0n) is 12.9. The Balaban J connectivity index is 2.08. The molecular formula is C17H19N3O2. The summed E-state index contributed by atoms with van der Waals surface area (Å²) in [5.41, 5.74) is 1.98. The van der Waals surface area contributed by atoms with Crippen molar-refractivity contribution in [2.45, 2.75) is 19.9 Å². The summed E-state index contributed by atoms with van der Waals surface area (Å²) in [6.07, 6.45) is 1.70. The summed E-state index contributed by atoms with van der Waals surface area (Å²) in [5.74, 6) is -0.0358. The van der Waals surface area contributed by atoms with Crippen molar-refractivity contribution in [2.24, 2.45) is 0 Å². The number of nitrogens with zero attached hydrogens (tertiary/aromatic N) is 2. The first-order valence-electron chi connectivity index (χ1n) is 7.05. The number of hydrogen-bond donors (Lipinski definition) is 1. The van der Waals surface area contributed by atoms with Crippen LogP contribution in [0.5, 0.6) is 0 Å². The third-order valence-corrected chi connectivity index (χ3v) is 3.54. The van der Waals surface area contributed by atoms with E-state index in [1.807, 2.05) is 25.1 Å². The number of pyridine rings is 1. The molecule has 0 aliphatic carbocycles. The molecule has 5 heteroatoms. The molecule has 0 saturated heterocycles. The van der Waals surface area contributed by atoms with Gasteiger partial charge in [0.15, 0.2) is 5.78 Å². The molecule has 0 fully saturated rings. The van der Waals surface area contributed by atoms with E-state index in [2.05, 4.69) is 10.3 Å². The molecular weight excluding hydrogens is 278 g/mol. The summed E-state index contributed by atoms with van der Waals surface area (Å²) in [4.78, 5) is 29.5. The van der Waals surface area contributed by atoms with Gasteiger partial charge in [-0.1, -0.05) is 18.2 Å². The summed E-state index contributed by atoms with van der Waals surface area (Å²) in [6, 6.07) is 12.1. The molecule has 0 saturated carbocycles. The number of Topliss-reactive ketones (excluding diaryl/α,β-unsaturated/α-hetero) is 1. The summed E-state index contributed by atoms with van der Waals surface area (Å²) >= 11 is 0. The van der Waals surface area contributed by atoms with Crippen LogP contribution in [0.15, 0.2) is 48.7 Å². The third kappa shape index (κ3) is 3.69. The van der Waals surface area contributed by atoms with E-state index in [0.717, 1.165) is 5.69 Å². The van der Waals surface area contributed by atoms with Gasteiger partial charge in [-0.25, -0.2) is 4.79 Å². The number of benzene rings is 1. The van der Waals surface area contributed by atoms with Gasteiger partial charge in [-0.2, -0.15) is 0 Å². The second-order valence-electron chi connectivity index (χ2n) is 5.11. The van der Waals surface area contributed by atoms with E-state index in [1.54, 1.807) is 42.4 Å². The second kappa shape index (κ2) is 6.85. The smallest absolute Gasteiger partial charge is 0.319 e. The zero-order valence-corrected chi connectivity index (χ0v) is 12.9. The van der Waals surface area contributed by atoms with E-state index in [0.29, 0.717) is 11.3 Å². The normalized spacial score (nSPS) is 11.6. The number of urea groups is 1. The van der Waals surface area contributed by atoms with Crippen LogP contribution in [0.25, 0.3) is 0 Å². The van der Waals surface area contributed by atoms with Gasteiger partial charge in [0.2, 0.25) is 0 Å². The summed E-state index contributed by atoms with van der Waals surface area (Å²) in [6.45, 7) is 3.41. The SMILES string of the molecule is CC(=O)c1cccc(NC(=O)N(C)C(C)c2ccccn2)c1. The molecule has 1 aromatic heterocycles. The van der Waals surface area contributed by atoms with Crippen LogP contribution in [-0.2, 0) is 0 Å². The van der Waals surface area contributed by atoms with Crippen LogP contribution in [0.3, 0.4) is 0 Å². The van der Waals surface area contributed by atoms with E-state index in [9.17, 15) is 9.59 Å². The summed E-state index contributed by atoms with van der Waals surface area (Å²) in [5, 5.41) is 2.79. The predicted molar refractivity (Wildman–Crippen MR) is 85.9 cm³/mol. The minimum Gasteiger partial charge on any atom is -0.319 e. The number of hydrogen-bond acceptors (Lipinski definition) is 3. The van der Waals surface area contributed by atoms with Gasteiger partial charge < -0.3 is 10.2 Å². The summed E-state index contributed by atoms with van der Waals surface area (Å²) in [7, 11) is 1.71. The van der Waals surface area contributed by atoms with E-state index < -0.39 is 0 Å². The van der Waals surface area contributed by atoms with E-state index in [4.69, 9.17) is 0 Å². The Kier molecular flexibility index (Phi) is 4.88. The Morgan fingerprint density at radius 3 is 2.59 bits per heavy atom. The molecule has 0 radical (unpaired) electrons. The monoisotopic (exact) mass is 297 g/mol. The highest BCUT2D eigenvalue weighted by Gasteiger charge is 2.18. The van der Waals surface area contributed by atoms with Gasteiger partial charge >= 0.3 is 6.03 Å². The number of carbonyl (C=O) groups is 2. The Morgan fingerprint density at radius 1 is 1.18 bits per heavy atom. The lowest BCUT2D eigenvalue weighted by atomic mass is 10.1. The van der Waals surface area contributed by atoms with Crippen molar-refractivity contribution in [3.05, 3.63) is 59.9 Å². The van der Waals surface area contributed by atoms with E-state index in [1.165, 1.54) is 6.92 Å². The molecule has 22 heavy (non-hydrogen) atoms. The fourth-order valence-electron chi connectivity index (χ4n) is 2.02. The van der Waals surface area contributed by atoms with Crippen molar-refractivity contribution in [2.75, 3.05) is 12.4 Å². The first kappa shape index (κ1) is 15.7. The number of nitrogens with one attached hydrogen (secondary N) is 1. The third-order valence-electron chi connectivity index (χ3n) is 3.54. The molecule has 2 aromatic rings. The molecule has 5 nitrogen and oxygen atoms in total. The number of anilines is 1. The van der Waals surface area contributed by atoms with Gasteiger partial charge in [0.25, 0.3) is 0 Å². The van der Waals surface area contributed by atoms with Gasteiger partial charge in [0, 0.05) is 24.5 Å². The fraction of sp³-hybridized carbons (Fsp3) is 0.235. The Hall–Kier alpha value is -2.69. The number of rotatable bonds is 4. The Morgan fingerprint density at radius 2 is 1.95 bits per heavy atom. The topological polar surface area (TPSA) is 62.3 Å². The van der Waals surface area contributed by atoms with Gasteiger partial charge in [0.1, 0.15) is 0 Å². The van der Waals surface area contributed by atoms with Crippen LogP contribution in [0.2, 0.25) is 0 Å². The number of carbonyl (C=O) groups excluding carboxylic acids is 2. The van der Waals surface area contributed by atoms with Gasteiger partial charge in [-0.3, -0.25) is 9.78 Å². The lowest BCUT2D eigenvalue weighted by molar-refractivity contribution is 0.101. The second-order valence-corrected chi connectivity index (χ2v) is 5.11. The lowest BCUT2D eigenvalue weighted by Gasteiger charge is -2.24. The molecule has 2 amide bonds. The summed E-state index contributed by atoms with van der Waals surface area (Å²) < 4.78 is 0. The zero-order chi connectivity index (χ0) is 16.1. The Bertz CT molecular complexity index is 671. The number of amides is 2. The maximum atomic E-state index is 12.3. The minimum absolute atomic E-state index is 0.0358. The van der Waals surface area contributed by atoms with Gasteiger partial charge in [-0.05, 0) is 38.1 Å². The van der Waals surface area contributed by atoms with Crippen molar-refractivity contribution in [1.82, 2.24) is 9.88 Å². The molecule has 114 valence electrons. The molecule has 1 N–H and O–H groups in total. The van der Waals surface area contributed by atoms with Gasteiger partial charge in [-0.15, -0.1) is 0 Å². The van der Waals surface area contributed by atoms with Crippen LogP contribution in [0.1, 0.15) is 35.9 Å². The van der Waals surface area contributed by atoms with Crippen LogP contribution in [0, 0.1) is 0 Å². The maximum absolute atomic E-state index is 12.3. The largest absolute Gasteiger partial charge is 0.322 e. The lowest BCUT2D eigenvalue weighted by Crippen LogP contribution is -2.34. The van der Waals surface area contributed by atoms with Crippen molar-refractivity contribution in [1.29, 1.82) is 0 Å². The first-order valence-corrected chi connectivity index (χ1v) is 7.05. The molecule has 0 aliphatic heterocycles. The minimum atomic E-state index is -0.251. The van der Waals surface area contributed by atoms with E-state index >= 15 is 0 Å². The molecule has 0 aliphatic rings. The van der Waals surface area contributed by atoms with E-state index in [-0.39, 0.29) is 17.9 Å². The molecule has 1 heterocycles. The highest BCUT2D eigenvalue weighted by molar-refractivity contribution is 5.96. The van der Waals surface area contributed by atoms with Crippen molar-refractivity contribution >= 4 is 17.5 Å². The van der Waals surface area contributed by atoms with Crippen molar-refractivity contribution in [3.63, 3.8) is 0 Å². The highest BCUT2D eigenvalue weighted by Crippen LogP contribution is 2.18. The van der Waals surface area contributed by atoms with Crippen molar-refractivity contribution in [3.8, 4) is 0 Å².